The summed E-state index contributed by atoms with van der Waals surface area (Å²) in [6.07, 6.45) is 6.21. The molecule has 86 valence electrons. The second kappa shape index (κ2) is 4.17. The highest BCUT2D eigenvalue weighted by Crippen LogP contribution is 2.32. The predicted molar refractivity (Wildman–Crippen MR) is 63.0 cm³/mol. The van der Waals surface area contributed by atoms with Crippen molar-refractivity contribution in [3.05, 3.63) is 53.7 Å². The standard InChI is InChI=1S/C14H13NO2/c16-14(12-7-3-9-17-12)11-6-1-4-10-5-2-8-15-13(10)11/h2-3,5,7-9,11H,1,4,6H2. The Morgan fingerprint density at radius 1 is 1.35 bits per heavy atom. The molecule has 0 saturated carbocycles. The van der Waals surface area contributed by atoms with Gasteiger partial charge in [-0.15, -0.1) is 0 Å². The third kappa shape index (κ3) is 1.78. The van der Waals surface area contributed by atoms with Gasteiger partial charge in [0.2, 0.25) is 5.78 Å². The smallest absolute Gasteiger partial charge is 0.206 e. The number of aryl methyl sites for hydroxylation is 1. The highest BCUT2D eigenvalue weighted by Gasteiger charge is 2.29. The van der Waals surface area contributed by atoms with E-state index in [1.54, 1.807) is 18.3 Å². The molecule has 2 heterocycles. The summed E-state index contributed by atoms with van der Waals surface area (Å²) >= 11 is 0. The zero-order chi connectivity index (χ0) is 11.7. The van der Waals surface area contributed by atoms with E-state index < -0.39 is 0 Å². The minimum absolute atomic E-state index is 0.0506. The second-order valence-electron chi connectivity index (χ2n) is 4.33. The molecule has 3 heteroatoms. The maximum Gasteiger partial charge on any atom is 0.206 e. The van der Waals surface area contributed by atoms with Crippen molar-refractivity contribution in [1.29, 1.82) is 0 Å². The minimum Gasteiger partial charge on any atom is -0.461 e. The van der Waals surface area contributed by atoms with Crippen molar-refractivity contribution < 1.29 is 9.21 Å². The number of furan rings is 1. The van der Waals surface area contributed by atoms with Gasteiger partial charge in [0.25, 0.3) is 0 Å². The SMILES string of the molecule is O=C(c1ccco1)C1CCCc2cccnc21. The van der Waals surface area contributed by atoms with Crippen LogP contribution in [0.25, 0.3) is 0 Å². The van der Waals surface area contributed by atoms with E-state index in [1.165, 1.54) is 11.8 Å². The molecule has 3 nitrogen and oxygen atoms in total. The van der Waals surface area contributed by atoms with Crippen LogP contribution in [0.15, 0.2) is 41.1 Å². The van der Waals surface area contributed by atoms with Crippen molar-refractivity contribution >= 4 is 5.78 Å². The summed E-state index contributed by atoms with van der Waals surface area (Å²) in [5, 5.41) is 0. The van der Waals surface area contributed by atoms with Crippen LogP contribution in [0, 0.1) is 0 Å². The first-order chi connectivity index (χ1) is 8.36. The lowest BCUT2D eigenvalue weighted by Crippen LogP contribution is -2.19. The van der Waals surface area contributed by atoms with Gasteiger partial charge in [0.1, 0.15) is 0 Å². The number of pyridine rings is 1. The lowest BCUT2D eigenvalue weighted by Gasteiger charge is -2.22. The Bertz CT molecular complexity index is 531. The number of Topliss-reactive ketones (excluding diaryl/α,β-unsaturated/α-hetero) is 1. The summed E-state index contributed by atoms with van der Waals surface area (Å²) in [5.41, 5.74) is 2.13. The van der Waals surface area contributed by atoms with Crippen LogP contribution in [-0.4, -0.2) is 10.8 Å². The Hall–Kier alpha value is -1.90. The molecule has 2 aromatic rings. The highest BCUT2D eigenvalue weighted by molar-refractivity contribution is 5.98. The number of hydrogen-bond donors (Lipinski definition) is 0. The number of nitrogens with zero attached hydrogens (tertiary/aromatic N) is 1. The van der Waals surface area contributed by atoms with Crippen molar-refractivity contribution in [1.82, 2.24) is 4.98 Å². The maximum atomic E-state index is 12.3. The number of ketones is 1. The molecule has 0 N–H and O–H groups in total. The quantitative estimate of drug-likeness (QED) is 0.741. The molecule has 17 heavy (non-hydrogen) atoms. The summed E-state index contributed by atoms with van der Waals surface area (Å²) in [7, 11) is 0. The van der Waals surface area contributed by atoms with E-state index in [0.717, 1.165) is 25.0 Å². The van der Waals surface area contributed by atoms with Gasteiger partial charge in [0, 0.05) is 6.20 Å². The van der Waals surface area contributed by atoms with Gasteiger partial charge in [-0.1, -0.05) is 6.07 Å². The van der Waals surface area contributed by atoms with E-state index in [0.29, 0.717) is 5.76 Å². The molecule has 1 aliphatic carbocycles. The highest BCUT2D eigenvalue weighted by atomic mass is 16.3. The fraction of sp³-hybridized carbons (Fsp3) is 0.286. The van der Waals surface area contributed by atoms with Crippen LogP contribution in [0.2, 0.25) is 0 Å². The van der Waals surface area contributed by atoms with Crippen molar-refractivity contribution in [2.75, 3.05) is 0 Å². The number of hydrogen-bond acceptors (Lipinski definition) is 3. The largest absolute Gasteiger partial charge is 0.461 e. The van der Waals surface area contributed by atoms with Crippen molar-refractivity contribution in [2.45, 2.75) is 25.2 Å². The van der Waals surface area contributed by atoms with Gasteiger partial charge in [0.15, 0.2) is 5.76 Å². The molecule has 2 aromatic heterocycles. The molecule has 1 unspecified atom stereocenters. The summed E-state index contributed by atoms with van der Waals surface area (Å²) in [5.74, 6) is 0.356. The maximum absolute atomic E-state index is 12.3. The average Bonchev–Trinajstić information content (AvgIpc) is 2.91. The number of fused-ring (bicyclic) bond motifs is 1. The van der Waals surface area contributed by atoms with Crippen molar-refractivity contribution in [2.24, 2.45) is 0 Å². The van der Waals surface area contributed by atoms with Crippen LogP contribution in [0.4, 0.5) is 0 Å². The first-order valence-electron chi connectivity index (χ1n) is 5.88. The molecular formula is C14H13NO2. The van der Waals surface area contributed by atoms with E-state index in [2.05, 4.69) is 11.1 Å². The summed E-state index contributed by atoms with van der Waals surface area (Å²) < 4.78 is 5.19. The van der Waals surface area contributed by atoms with E-state index >= 15 is 0 Å². The molecule has 0 aromatic carbocycles. The molecule has 0 aliphatic heterocycles. The minimum atomic E-state index is -0.133. The molecule has 0 amide bonds. The molecule has 0 spiro atoms. The summed E-state index contributed by atoms with van der Waals surface area (Å²) in [6.45, 7) is 0. The summed E-state index contributed by atoms with van der Waals surface area (Å²) in [4.78, 5) is 16.7. The van der Waals surface area contributed by atoms with E-state index in [-0.39, 0.29) is 11.7 Å². The van der Waals surface area contributed by atoms with Crippen LogP contribution in [0.3, 0.4) is 0 Å². The van der Waals surface area contributed by atoms with Crippen molar-refractivity contribution in [3.8, 4) is 0 Å². The monoisotopic (exact) mass is 227 g/mol. The Balaban J connectivity index is 1.98. The van der Waals surface area contributed by atoms with Gasteiger partial charge in [-0.3, -0.25) is 9.78 Å². The van der Waals surface area contributed by atoms with E-state index in [4.69, 9.17) is 4.42 Å². The topological polar surface area (TPSA) is 43.1 Å². The number of carbonyl (C=O) groups excluding carboxylic acids is 1. The van der Waals surface area contributed by atoms with Gasteiger partial charge < -0.3 is 4.42 Å². The van der Waals surface area contributed by atoms with E-state index in [9.17, 15) is 4.79 Å². The Morgan fingerprint density at radius 3 is 3.12 bits per heavy atom. The van der Waals surface area contributed by atoms with Crippen molar-refractivity contribution in [3.63, 3.8) is 0 Å². The average molecular weight is 227 g/mol. The predicted octanol–water partition coefficient (Wildman–Crippen LogP) is 2.98. The van der Waals surface area contributed by atoms with Crippen LogP contribution in [0.1, 0.15) is 40.6 Å². The zero-order valence-electron chi connectivity index (χ0n) is 9.43. The normalized spacial score (nSPS) is 18.7. The Labute approximate surface area is 99.5 Å². The third-order valence-corrected chi connectivity index (χ3v) is 3.28. The molecule has 3 rings (SSSR count). The molecule has 1 aliphatic rings. The second-order valence-corrected chi connectivity index (χ2v) is 4.33. The first kappa shape index (κ1) is 10.3. The van der Waals surface area contributed by atoms with Crippen LogP contribution in [-0.2, 0) is 6.42 Å². The Morgan fingerprint density at radius 2 is 2.29 bits per heavy atom. The van der Waals surface area contributed by atoms with Gasteiger partial charge >= 0.3 is 0 Å². The molecule has 0 fully saturated rings. The molecule has 1 atom stereocenters. The Kier molecular flexibility index (Phi) is 2.52. The van der Waals surface area contributed by atoms with Gasteiger partial charge in [-0.2, -0.15) is 0 Å². The number of carbonyl (C=O) groups is 1. The van der Waals surface area contributed by atoms with Gasteiger partial charge in [-0.05, 0) is 43.0 Å². The van der Waals surface area contributed by atoms with E-state index in [1.807, 2.05) is 6.07 Å². The molecule has 0 saturated heterocycles. The molecule has 0 bridgehead atoms. The van der Waals surface area contributed by atoms with Gasteiger partial charge in [0.05, 0.1) is 17.9 Å². The lowest BCUT2D eigenvalue weighted by atomic mass is 9.83. The van der Waals surface area contributed by atoms with Crippen LogP contribution >= 0.6 is 0 Å². The van der Waals surface area contributed by atoms with Crippen LogP contribution < -0.4 is 0 Å². The molecule has 0 radical (unpaired) electrons. The van der Waals surface area contributed by atoms with Crippen LogP contribution in [0.5, 0.6) is 0 Å². The third-order valence-electron chi connectivity index (χ3n) is 3.28. The zero-order valence-corrected chi connectivity index (χ0v) is 9.43. The summed E-state index contributed by atoms with van der Waals surface area (Å²) in [6, 6.07) is 7.46. The fourth-order valence-corrected chi connectivity index (χ4v) is 2.46. The fourth-order valence-electron chi connectivity index (χ4n) is 2.46. The first-order valence-corrected chi connectivity index (χ1v) is 5.88. The lowest BCUT2D eigenvalue weighted by molar-refractivity contribution is 0.0921. The van der Waals surface area contributed by atoms with Gasteiger partial charge in [-0.25, -0.2) is 0 Å². The number of rotatable bonds is 2. The molecular weight excluding hydrogens is 214 g/mol. The number of aromatic nitrogens is 1.